The van der Waals surface area contributed by atoms with E-state index in [-0.39, 0.29) is 17.7 Å². The van der Waals surface area contributed by atoms with E-state index >= 15 is 0 Å². The molecule has 6 nitrogen and oxygen atoms in total. The first kappa shape index (κ1) is 16.9. The second-order valence-electron chi connectivity index (χ2n) is 6.45. The van der Waals surface area contributed by atoms with Gasteiger partial charge in [-0.1, -0.05) is 30.3 Å². The molecule has 24 heavy (non-hydrogen) atoms. The summed E-state index contributed by atoms with van der Waals surface area (Å²) < 4.78 is 5.30. The molecule has 2 amide bonds. The van der Waals surface area contributed by atoms with Crippen LogP contribution >= 0.6 is 0 Å². The number of carbonyl (C=O) groups is 2. The molecule has 0 spiro atoms. The van der Waals surface area contributed by atoms with E-state index < -0.39 is 6.04 Å². The molecule has 1 aromatic carbocycles. The minimum Gasteiger partial charge on any atom is -0.378 e. The van der Waals surface area contributed by atoms with Crippen LogP contribution in [-0.2, 0) is 14.3 Å². The Kier molecular flexibility index (Phi) is 5.48. The maximum atomic E-state index is 12.7. The van der Waals surface area contributed by atoms with E-state index in [4.69, 9.17) is 10.5 Å². The summed E-state index contributed by atoms with van der Waals surface area (Å²) in [6, 6.07) is 8.72. The summed E-state index contributed by atoms with van der Waals surface area (Å²) >= 11 is 0. The molecule has 0 saturated carbocycles. The summed E-state index contributed by atoms with van der Waals surface area (Å²) in [5.41, 5.74) is 6.94. The summed E-state index contributed by atoms with van der Waals surface area (Å²) in [5, 5.41) is 0. The molecule has 0 bridgehead atoms. The van der Waals surface area contributed by atoms with Crippen LogP contribution in [0.4, 0.5) is 0 Å². The van der Waals surface area contributed by atoms with Crippen molar-refractivity contribution in [3.63, 3.8) is 0 Å². The van der Waals surface area contributed by atoms with Crippen LogP contribution in [0.5, 0.6) is 0 Å². The lowest BCUT2D eigenvalue weighted by Crippen LogP contribution is -2.50. The lowest BCUT2D eigenvalue weighted by molar-refractivity contribution is -0.144. The van der Waals surface area contributed by atoms with Gasteiger partial charge in [-0.2, -0.15) is 0 Å². The predicted molar refractivity (Wildman–Crippen MR) is 90.1 cm³/mol. The number of nitrogens with two attached hydrogens (primary N) is 1. The highest BCUT2D eigenvalue weighted by atomic mass is 16.5. The number of carbonyl (C=O) groups excluding carboxylic acids is 2. The molecular formula is C18H25N3O3. The minimum atomic E-state index is -0.663. The predicted octanol–water partition coefficient (Wildman–Crippen LogP) is 0.784. The Hall–Kier alpha value is -1.92. The van der Waals surface area contributed by atoms with E-state index in [0.717, 1.165) is 18.4 Å². The Morgan fingerprint density at radius 3 is 2.50 bits per heavy atom. The van der Waals surface area contributed by atoms with Crippen LogP contribution in [0, 0.1) is 5.92 Å². The van der Waals surface area contributed by atoms with Crippen LogP contribution in [0.3, 0.4) is 0 Å². The molecule has 2 heterocycles. The van der Waals surface area contributed by atoms with Crippen LogP contribution in [0.2, 0.25) is 0 Å². The zero-order chi connectivity index (χ0) is 16.9. The number of morpholine rings is 1. The monoisotopic (exact) mass is 331 g/mol. The van der Waals surface area contributed by atoms with Crippen LogP contribution in [0.15, 0.2) is 30.3 Å². The number of nitrogens with zero attached hydrogens (tertiary/aromatic N) is 2. The van der Waals surface area contributed by atoms with Gasteiger partial charge in [0.1, 0.15) is 6.04 Å². The van der Waals surface area contributed by atoms with Gasteiger partial charge in [0.15, 0.2) is 0 Å². The van der Waals surface area contributed by atoms with Crippen LogP contribution < -0.4 is 5.73 Å². The van der Waals surface area contributed by atoms with Gasteiger partial charge in [-0.25, -0.2) is 0 Å². The molecule has 0 radical (unpaired) electrons. The Bertz CT molecular complexity index is 572. The van der Waals surface area contributed by atoms with Crippen molar-refractivity contribution in [2.75, 3.05) is 39.4 Å². The summed E-state index contributed by atoms with van der Waals surface area (Å²) in [7, 11) is 0. The maximum Gasteiger partial charge on any atom is 0.244 e. The van der Waals surface area contributed by atoms with E-state index in [9.17, 15) is 9.59 Å². The van der Waals surface area contributed by atoms with Gasteiger partial charge in [0, 0.05) is 26.2 Å². The highest BCUT2D eigenvalue weighted by Gasteiger charge is 2.33. The number of amides is 2. The van der Waals surface area contributed by atoms with E-state index in [2.05, 4.69) is 0 Å². The third-order valence-electron chi connectivity index (χ3n) is 4.83. The molecule has 2 fully saturated rings. The third kappa shape index (κ3) is 3.76. The molecule has 2 aliphatic rings. The number of likely N-dealkylation sites (tertiary alicyclic amines) is 1. The third-order valence-corrected chi connectivity index (χ3v) is 4.83. The van der Waals surface area contributed by atoms with Gasteiger partial charge in [-0.15, -0.1) is 0 Å². The van der Waals surface area contributed by atoms with Crippen molar-refractivity contribution in [1.82, 2.24) is 9.80 Å². The number of hydrogen-bond acceptors (Lipinski definition) is 4. The van der Waals surface area contributed by atoms with Crippen molar-refractivity contribution in [2.24, 2.45) is 11.7 Å². The zero-order valence-corrected chi connectivity index (χ0v) is 13.9. The average Bonchev–Trinajstić information content (AvgIpc) is 2.67. The summed E-state index contributed by atoms with van der Waals surface area (Å²) in [4.78, 5) is 29.0. The standard InChI is InChI=1S/C18H25N3O3/c19-16(14-5-2-1-3-6-14)18(23)21-8-4-7-15(13-21)17(22)20-9-11-24-12-10-20/h1-3,5-6,15-16H,4,7-13,19H2. The van der Waals surface area contributed by atoms with Crippen LogP contribution in [0.25, 0.3) is 0 Å². The molecule has 0 aromatic heterocycles. The molecule has 6 heteroatoms. The number of benzene rings is 1. The Morgan fingerprint density at radius 1 is 1.08 bits per heavy atom. The molecule has 0 aliphatic carbocycles. The first-order chi connectivity index (χ1) is 11.7. The van der Waals surface area contributed by atoms with Gasteiger partial charge in [0.05, 0.1) is 19.1 Å². The molecule has 2 saturated heterocycles. The smallest absolute Gasteiger partial charge is 0.244 e. The second-order valence-corrected chi connectivity index (χ2v) is 6.45. The molecule has 3 rings (SSSR count). The molecule has 2 N–H and O–H groups in total. The quantitative estimate of drug-likeness (QED) is 0.888. The first-order valence-electron chi connectivity index (χ1n) is 8.62. The molecular weight excluding hydrogens is 306 g/mol. The van der Waals surface area contributed by atoms with E-state index in [1.807, 2.05) is 35.2 Å². The van der Waals surface area contributed by atoms with E-state index in [1.165, 1.54) is 0 Å². The van der Waals surface area contributed by atoms with E-state index in [0.29, 0.717) is 39.4 Å². The molecule has 2 atom stereocenters. The maximum absolute atomic E-state index is 12.7. The lowest BCUT2D eigenvalue weighted by Gasteiger charge is -2.37. The number of rotatable bonds is 3. The fourth-order valence-corrected chi connectivity index (χ4v) is 3.42. The van der Waals surface area contributed by atoms with Crippen molar-refractivity contribution in [3.8, 4) is 0 Å². The van der Waals surface area contributed by atoms with Gasteiger partial charge < -0.3 is 20.3 Å². The highest BCUT2D eigenvalue weighted by Crippen LogP contribution is 2.22. The molecule has 130 valence electrons. The lowest BCUT2D eigenvalue weighted by atomic mass is 9.95. The average molecular weight is 331 g/mol. The Balaban J connectivity index is 1.62. The normalized spacial score (nSPS) is 23.0. The first-order valence-corrected chi connectivity index (χ1v) is 8.62. The minimum absolute atomic E-state index is 0.0966. The highest BCUT2D eigenvalue weighted by molar-refractivity contribution is 5.85. The van der Waals surface area contributed by atoms with Gasteiger partial charge in [-0.3, -0.25) is 9.59 Å². The molecule has 1 aromatic rings. The SMILES string of the molecule is NC(C(=O)N1CCCC(C(=O)N2CCOCC2)C1)c1ccccc1. The summed E-state index contributed by atoms with van der Waals surface area (Å²) in [6.07, 6.45) is 1.68. The molecule has 2 unspecified atom stereocenters. The largest absolute Gasteiger partial charge is 0.378 e. The second kappa shape index (κ2) is 7.77. The fraction of sp³-hybridized carbons (Fsp3) is 0.556. The van der Waals surface area contributed by atoms with Crippen molar-refractivity contribution in [1.29, 1.82) is 0 Å². The summed E-state index contributed by atoms with van der Waals surface area (Å²) in [6.45, 7) is 3.63. The number of ether oxygens (including phenoxy) is 1. The van der Waals surface area contributed by atoms with Crippen molar-refractivity contribution in [2.45, 2.75) is 18.9 Å². The number of piperidine rings is 1. The molecule has 2 aliphatic heterocycles. The van der Waals surface area contributed by atoms with Crippen molar-refractivity contribution < 1.29 is 14.3 Å². The van der Waals surface area contributed by atoms with Crippen molar-refractivity contribution >= 4 is 11.8 Å². The number of hydrogen-bond donors (Lipinski definition) is 1. The van der Waals surface area contributed by atoms with Crippen LogP contribution in [0.1, 0.15) is 24.4 Å². The topological polar surface area (TPSA) is 75.9 Å². The summed E-state index contributed by atoms with van der Waals surface area (Å²) in [5.74, 6) is -0.0754. The van der Waals surface area contributed by atoms with Gasteiger partial charge >= 0.3 is 0 Å². The Labute approximate surface area is 142 Å². The Morgan fingerprint density at radius 2 is 1.79 bits per heavy atom. The van der Waals surface area contributed by atoms with Crippen LogP contribution in [-0.4, -0.2) is 61.0 Å². The fourth-order valence-electron chi connectivity index (χ4n) is 3.42. The van der Waals surface area contributed by atoms with Gasteiger partial charge in [0.2, 0.25) is 11.8 Å². The zero-order valence-electron chi connectivity index (χ0n) is 13.9. The van der Waals surface area contributed by atoms with Gasteiger partial charge in [0.25, 0.3) is 0 Å². The van der Waals surface area contributed by atoms with E-state index in [1.54, 1.807) is 4.90 Å². The van der Waals surface area contributed by atoms with Gasteiger partial charge in [-0.05, 0) is 18.4 Å². The van der Waals surface area contributed by atoms with Crippen molar-refractivity contribution in [3.05, 3.63) is 35.9 Å².